The largest absolute Gasteiger partial charge is 0.490 e. The number of rotatable bonds is 9. The lowest BCUT2D eigenvalue weighted by molar-refractivity contribution is -0.193. The van der Waals surface area contributed by atoms with Gasteiger partial charge in [-0.25, -0.2) is 9.59 Å². The van der Waals surface area contributed by atoms with Crippen LogP contribution in [0.1, 0.15) is 17.5 Å². The number of nitrogens with two attached hydrogens (primary N) is 1. The van der Waals surface area contributed by atoms with E-state index in [2.05, 4.69) is 27.5 Å². The molecule has 0 fully saturated rings. The van der Waals surface area contributed by atoms with Crippen LogP contribution >= 0.6 is 0 Å². The Kier molecular flexibility index (Phi) is 14.7. The fourth-order valence-electron chi connectivity index (χ4n) is 2.37. The van der Waals surface area contributed by atoms with Crippen molar-refractivity contribution in [3.63, 3.8) is 0 Å². The monoisotopic (exact) mass is 568 g/mol. The second-order valence-electron chi connectivity index (χ2n) is 7.28. The lowest BCUT2D eigenvalue weighted by Gasteiger charge is -2.09. The Balaban J connectivity index is 0.000000848. The summed E-state index contributed by atoms with van der Waals surface area (Å²) in [5, 5.41) is 28.1. The third kappa shape index (κ3) is 16.2. The number of carboxylic acid groups (broad SMARTS) is 2. The normalized spacial score (nSPS) is 10.6. The van der Waals surface area contributed by atoms with E-state index in [4.69, 9.17) is 30.9 Å². The fraction of sp³-hybridized carbons (Fsp3) is 0.304. The highest BCUT2D eigenvalue weighted by molar-refractivity contribution is 5.95. The fourth-order valence-corrected chi connectivity index (χ4v) is 2.37. The first kappa shape index (κ1) is 34.7. The molecule has 216 valence electrons. The molecule has 7 N–H and O–H groups in total. The van der Waals surface area contributed by atoms with Crippen molar-refractivity contribution in [2.24, 2.45) is 5.73 Å². The van der Waals surface area contributed by atoms with Crippen LogP contribution < -0.4 is 16.4 Å². The molecule has 0 aliphatic heterocycles. The molecule has 0 spiro atoms. The van der Waals surface area contributed by atoms with Crippen molar-refractivity contribution in [1.82, 2.24) is 5.32 Å². The van der Waals surface area contributed by atoms with Gasteiger partial charge in [0.15, 0.2) is 0 Å². The standard InChI is InChI=1S/C19H24N4O2.2C2HF3O2/c1-25-18(24)13-22-11-3-4-14-7-9-16(10-8-14)23-17-6-2-5-15(12-17)19(20)21;2*3-2(4,5)1(6)7/h2,5-10,12,22-23H,3-4,11,13H2,1H3,(H3,20,21);2*(H,6,7). The predicted molar refractivity (Wildman–Crippen MR) is 128 cm³/mol. The van der Waals surface area contributed by atoms with E-state index in [0.29, 0.717) is 5.56 Å². The molecule has 10 nitrogen and oxygen atoms in total. The first-order valence-corrected chi connectivity index (χ1v) is 10.7. The summed E-state index contributed by atoms with van der Waals surface area (Å²) in [5.41, 5.74) is 9.32. The third-order valence-electron chi connectivity index (χ3n) is 4.22. The van der Waals surface area contributed by atoms with Crippen molar-refractivity contribution < 1.29 is 55.7 Å². The zero-order valence-electron chi connectivity index (χ0n) is 20.3. The van der Waals surface area contributed by atoms with Crippen LogP contribution in [0.5, 0.6) is 0 Å². The summed E-state index contributed by atoms with van der Waals surface area (Å²) < 4.78 is 68.0. The number of anilines is 2. The summed E-state index contributed by atoms with van der Waals surface area (Å²) in [6, 6.07) is 15.7. The van der Waals surface area contributed by atoms with E-state index < -0.39 is 24.3 Å². The van der Waals surface area contributed by atoms with Gasteiger partial charge in [-0.15, -0.1) is 0 Å². The van der Waals surface area contributed by atoms with Gasteiger partial charge in [0, 0.05) is 16.9 Å². The van der Waals surface area contributed by atoms with Crippen LogP contribution in [-0.2, 0) is 25.5 Å². The van der Waals surface area contributed by atoms with Gasteiger partial charge in [-0.05, 0) is 49.2 Å². The highest BCUT2D eigenvalue weighted by Gasteiger charge is 2.38. The van der Waals surface area contributed by atoms with Crippen LogP contribution in [0.2, 0.25) is 0 Å². The molecule has 0 radical (unpaired) electrons. The van der Waals surface area contributed by atoms with Crippen LogP contribution in [0, 0.1) is 5.41 Å². The van der Waals surface area contributed by atoms with Crippen LogP contribution in [0.25, 0.3) is 0 Å². The minimum Gasteiger partial charge on any atom is -0.475 e. The second-order valence-corrected chi connectivity index (χ2v) is 7.28. The molecule has 0 saturated heterocycles. The number of amidine groups is 1. The number of halogens is 6. The average Bonchev–Trinajstić information content (AvgIpc) is 2.84. The summed E-state index contributed by atoms with van der Waals surface area (Å²) in [7, 11) is 1.38. The number of carbonyl (C=O) groups excluding carboxylic acids is 1. The number of esters is 1. The molecule has 0 amide bonds. The number of nitrogen functional groups attached to an aromatic ring is 1. The quantitative estimate of drug-likeness (QED) is 0.0867. The van der Waals surface area contributed by atoms with Gasteiger partial charge >= 0.3 is 30.3 Å². The number of benzene rings is 2. The van der Waals surface area contributed by atoms with Crippen molar-refractivity contribution in [1.29, 1.82) is 5.41 Å². The van der Waals surface area contributed by atoms with Gasteiger partial charge in [-0.1, -0.05) is 24.3 Å². The topological polar surface area (TPSA) is 175 Å². The Hall–Kier alpha value is -4.34. The molecule has 0 saturated carbocycles. The number of methoxy groups -OCH3 is 1. The number of nitrogens with one attached hydrogen (secondary N) is 3. The summed E-state index contributed by atoms with van der Waals surface area (Å²) in [6.45, 7) is 1.02. The van der Waals surface area contributed by atoms with Crippen molar-refractivity contribution in [2.45, 2.75) is 25.2 Å². The lowest BCUT2D eigenvalue weighted by atomic mass is 10.1. The van der Waals surface area contributed by atoms with E-state index in [1.165, 1.54) is 12.7 Å². The van der Waals surface area contributed by atoms with Gasteiger partial charge in [0.2, 0.25) is 0 Å². The van der Waals surface area contributed by atoms with E-state index in [-0.39, 0.29) is 18.3 Å². The molecule has 39 heavy (non-hydrogen) atoms. The number of hydrogen-bond acceptors (Lipinski definition) is 7. The smallest absolute Gasteiger partial charge is 0.475 e. The van der Waals surface area contributed by atoms with Gasteiger partial charge in [0.05, 0.1) is 13.7 Å². The summed E-state index contributed by atoms with van der Waals surface area (Å²) in [5.74, 6) is -5.70. The molecule has 16 heteroatoms. The third-order valence-corrected chi connectivity index (χ3v) is 4.22. The average molecular weight is 568 g/mol. The zero-order chi connectivity index (χ0) is 30.2. The zero-order valence-corrected chi connectivity index (χ0v) is 20.3. The molecule has 2 aromatic rings. The number of ether oxygens (including phenoxy) is 1. The number of carbonyl (C=O) groups is 3. The second kappa shape index (κ2) is 16.5. The number of aliphatic carboxylic acids is 2. The van der Waals surface area contributed by atoms with Gasteiger partial charge in [0.1, 0.15) is 5.84 Å². The maximum absolute atomic E-state index is 11.0. The molecule has 0 bridgehead atoms. The van der Waals surface area contributed by atoms with Gasteiger partial charge in [-0.3, -0.25) is 10.2 Å². The molecule has 0 aromatic heterocycles. The SMILES string of the molecule is COC(=O)CNCCCc1ccc(Nc2cccc(C(=N)N)c2)cc1.O=C(O)C(F)(F)F.O=C(O)C(F)(F)F. The van der Waals surface area contributed by atoms with Crippen LogP contribution in [0.3, 0.4) is 0 Å². The Bertz CT molecular complexity index is 1070. The molecule has 2 rings (SSSR count). The first-order valence-electron chi connectivity index (χ1n) is 10.7. The molecule has 2 aromatic carbocycles. The molecule has 0 aliphatic carbocycles. The van der Waals surface area contributed by atoms with Crippen molar-refractivity contribution in [3.05, 3.63) is 59.7 Å². The van der Waals surface area contributed by atoms with Crippen molar-refractivity contribution in [3.8, 4) is 0 Å². The Morgan fingerprint density at radius 2 is 1.44 bits per heavy atom. The lowest BCUT2D eigenvalue weighted by Crippen LogP contribution is -2.25. The number of aryl methyl sites for hydroxylation is 1. The number of carboxylic acids is 2. The highest BCUT2D eigenvalue weighted by Crippen LogP contribution is 2.19. The molecule has 0 atom stereocenters. The minimum atomic E-state index is -5.08. The minimum absolute atomic E-state index is 0.0554. The molecule has 0 unspecified atom stereocenters. The number of alkyl halides is 6. The van der Waals surface area contributed by atoms with E-state index in [1.54, 1.807) is 0 Å². The first-order chi connectivity index (χ1) is 18.0. The number of hydrogen-bond donors (Lipinski definition) is 6. The maximum atomic E-state index is 11.0. The van der Waals surface area contributed by atoms with Crippen molar-refractivity contribution in [2.75, 3.05) is 25.5 Å². The van der Waals surface area contributed by atoms with E-state index in [0.717, 1.165) is 30.8 Å². The maximum Gasteiger partial charge on any atom is 0.490 e. The summed E-state index contributed by atoms with van der Waals surface area (Å²) >= 11 is 0. The molecule has 0 aliphatic rings. The van der Waals surface area contributed by atoms with Gasteiger partial charge in [0.25, 0.3) is 0 Å². The molecular weight excluding hydrogens is 542 g/mol. The van der Waals surface area contributed by atoms with E-state index in [1.807, 2.05) is 36.4 Å². The summed E-state index contributed by atoms with van der Waals surface area (Å²) in [6.07, 6.45) is -8.28. The Morgan fingerprint density at radius 3 is 1.87 bits per heavy atom. The van der Waals surface area contributed by atoms with E-state index in [9.17, 15) is 31.1 Å². The molecule has 0 heterocycles. The Labute approximate surface area is 218 Å². The van der Waals surface area contributed by atoms with Crippen molar-refractivity contribution >= 4 is 35.1 Å². The van der Waals surface area contributed by atoms with Gasteiger partial charge in [-0.2, -0.15) is 26.3 Å². The van der Waals surface area contributed by atoms with E-state index >= 15 is 0 Å². The summed E-state index contributed by atoms with van der Waals surface area (Å²) in [4.78, 5) is 28.8. The Morgan fingerprint density at radius 1 is 0.923 bits per heavy atom. The van der Waals surface area contributed by atoms with Crippen LogP contribution in [-0.4, -0.2) is 66.5 Å². The van der Waals surface area contributed by atoms with Crippen LogP contribution in [0.4, 0.5) is 37.7 Å². The molecular formula is C23H26F6N4O6. The van der Waals surface area contributed by atoms with Crippen LogP contribution in [0.15, 0.2) is 48.5 Å². The highest BCUT2D eigenvalue weighted by atomic mass is 19.4. The predicted octanol–water partition coefficient (Wildman–Crippen LogP) is 3.68. The van der Waals surface area contributed by atoms with Gasteiger partial charge < -0.3 is 31.3 Å².